The van der Waals surface area contributed by atoms with E-state index in [1.165, 1.54) is 4.90 Å². The topological polar surface area (TPSA) is 145 Å². The highest BCUT2D eigenvalue weighted by molar-refractivity contribution is 7.09. The summed E-state index contributed by atoms with van der Waals surface area (Å²) in [5, 5.41) is 2.92. The fourth-order valence-corrected chi connectivity index (χ4v) is 4.60. The summed E-state index contributed by atoms with van der Waals surface area (Å²) in [6, 6.07) is 17.1. The third kappa shape index (κ3) is 5.39. The third-order valence-corrected chi connectivity index (χ3v) is 6.84. The Morgan fingerprint density at radius 1 is 1.03 bits per heavy atom. The minimum Gasteiger partial charge on any atom is -0.464 e. The van der Waals surface area contributed by atoms with Gasteiger partial charge in [-0.2, -0.15) is 4.37 Å². The van der Waals surface area contributed by atoms with Gasteiger partial charge in [-0.15, -0.1) is 0 Å². The van der Waals surface area contributed by atoms with Gasteiger partial charge < -0.3 is 21.2 Å². The molecule has 0 aliphatic rings. The summed E-state index contributed by atoms with van der Waals surface area (Å²) in [5.74, 6) is -1.06. The number of nitrogen functional groups attached to an aromatic ring is 1. The van der Waals surface area contributed by atoms with E-state index in [1.807, 2.05) is 56.3 Å². The van der Waals surface area contributed by atoms with Gasteiger partial charge in [-0.3, -0.25) is 19.3 Å². The van der Waals surface area contributed by atoms with Crippen molar-refractivity contribution in [3.63, 3.8) is 0 Å². The van der Waals surface area contributed by atoms with E-state index < -0.39 is 23.8 Å². The van der Waals surface area contributed by atoms with Crippen molar-refractivity contribution in [2.24, 2.45) is 5.73 Å². The van der Waals surface area contributed by atoms with Gasteiger partial charge in [-0.05, 0) is 73.3 Å². The quantitative estimate of drug-likeness (QED) is 0.322. The van der Waals surface area contributed by atoms with Gasteiger partial charge in [0.15, 0.2) is 11.7 Å². The van der Waals surface area contributed by atoms with Crippen molar-refractivity contribution in [3.8, 4) is 0 Å². The molecule has 0 saturated heterocycles. The minimum absolute atomic E-state index is 0.00355. The maximum absolute atomic E-state index is 14.0. The standard InChI is InChI=1S/C27H27N5O4S/c1-15-9-11-19(13-16(15)2)32(27(35)24-21(28)22(25(29)33)31-37-24)23(20-12-10-17(3)36-20)26(34)30-14-18-7-5-4-6-8-18/h4-13,23H,14,28H2,1-3H3,(H2,29,33)(H,30,34)/t23-/m1/s1. The summed E-state index contributed by atoms with van der Waals surface area (Å²) in [6.45, 7) is 5.87. The predicted octanol–water partition coefficient (Wildman–Crippen LogP) is 4.05. The first-order chi connectivity index (χ1) is 17.7. The number of hydrogen-bond donors (Lipinski definition) is 3. The number of nitrogens with one attached hydrogen (secondary N) is 1. The van der Waals surface area contributed by atoms with Gasteiger partial charge in [0.05, 0.1) is 5.69 Å². The second kappa shape index (κ2) is 10.7. The molecule has 2 aromatic heterocycles. The molecule has 37 heavy (non-hydrogen) atoms. The highest BCUT2D eigenvalue weighted by Gasteiger charge is 2.38. The van der Waals surface area contributed by atoms with E-state index >= 15 is 0 Å². The molecule has 3 amide bonds. The molecule has 2 aromatic carbocycles. The first-order valence-electron chi connectivity index (χ1n) is 11.5. The molecule has 0 aliphatic carbocycles. The zero-order valence-electron chi connectivity index (χ0n) is 20.6. The van der Waals surface area contributed by atoms with Crippen LogP contribution in [0.5, 0.6) is 0 Å². The molecule has 0 aliphatic heterocycles. The fourth-order valence-electron chi connectivity index (χ4n) is 3.85. The van der Waals surface area contributed by atoms with E-state index in [0.29, 0.717) is 11.4 Å². The van der Waals surface area contributed by atoms with Gasteiger partial charge in [0.1, 0.15) is 16.4 Å². The maximum Gasteiger partial charge on any atom is 0.273 e. The largest absolute Gasteiger partial charge is 0.464 e. The highest BCUT2D eigenvalue weighted by atomic mass is 32.1. The molecule has 0 fully saturated rings. The average molecular weight is 518 g/mol. The van der Waals surface area contributed by atoms with Gasteiger partial charge >= 0.3 is 0 Å². The Labute approximate surface area is 218 Å². The Hall–Kier alpha value is -4.44. The average Bonchev–Trinajstić information content (AvgIpc) is 3.48. The van der Waals surface area contributed by atoms with Crippen molar-refractivity contribution in [1.29, 1.82) is 0 Å². The molecule has 0 bridgehead atoms. The lowest BCUT2D eigenvalue weighted by Gasteiger charge is -2.30. The molecular weight excluding hydrogens is 490 g/mol. The SMILES string of the molecule is Cc1ccc([C@H](C(=O)NCc2ccccc2)N(C(=O)c2snc(C(N)=O)c2N)c2ccc(C)c(C)c2)o1. The molecule has 0 spiro atoms. The Kier molecular flexibility index (Phi) is 7.40. The molecular formula is C27H27N5O4S. The van der Waals surface area contributed by atoms with E-state index in [9.17, 15) is 14.4 Å². The van der Waals surface area contributed by atoms with Crippen LogP contribution in [0.15, 0.2) is 65.1 Å². The van der Waals surface area contributed by atoms with Crippen molar-refractivity contribution in [1.82, 2.24) is 9.69 Å². The molecule has 9 nitrogen and oxygen atoms in total. The zero-order valence-corrected chi connectivity index (χ0v) is 21.5. The monoisotopic (exact) mass is 517 g/mol. The zero-order chi connectivity index (χ0) is 26.7. The number of carbonyl (C=O) groups is 3. The van der Waals surface area contributed by atoms with Gasteiger partial charge in [-0.25, -0.2) is 0 Å². The van der Waals surface area contributed by atoms with Gasteiger partial charge in [0.2, 0.25) is 0 Å². The van der Waals surface area contributed by atoms with Gasteiger partial charge in [0, 0.05) is 12.2 Å². The number of aromatic nitrogens is 1. The lowest BCUT2D eigenvalue weighted by Crippen LogP contribution is -2.43. The number of furan rings is 1. The normalized spacial score (nSPS) is 11.6. The maximum atomic E-state index is 14.0. The van der Waals surface area contributed by atoms with Crippen LogP contribution in [0.25, 0.3) is 0 Å². The minimum atomic E-state index is -1.18. The number of amides is 3. The van der Waals surface area contributed by atoms with Crippen molar-refractivity contribution < 1.29 is 18.8 Å². The van der Waals surface area contributed by atoms with E-state index in [1.54, 1.807) is 25.1 Å². The Balaban J connectivity index is 1.83. The molecule has 5 N–H and O–H groups in total. The smallest absolute Gasteiger partial charge is 0.273 e. The van der Waals surface area contributed by atoms with Crippen molar-refractivity contribution in [2.75, 3.05) is 10.6 Å². The van der Waals surface area contributed by atoms with E-state index in [4.69, 9.17) is 15.9 Å². The van der Waals surface area contributed by atoms with Crippen LogP contribution < -0.4 is 21.7 Å². The molecule has 10 heteroatoms. The summed E-state index contributed by atoms with van der Waals surface area (Å²) in [7, 11) is 0. The van der Waals surface area contributed by atoms with Gasteiger partial charge in [-0.1, -0.05) is 36.4 Å². The van der Waals surface area contributed by atoms with Crippen molar-refractivity contribution in [3.05, 3.63) is 99.4 Å². The van der Waals surface area contributed by atoms with E-state index in [-0.39, 0.29) is 28.6 Å². The molecule has 0 saturated carbocycles. The first-order valence-corrected chi connectivity index (χ1v) is 12.3. The molecule has 4 aromatic rings. The number of hydrogen-bond acceptors (Lipinski definition) is 7. The molecule has 2 heterocycles. The van der Waals surface area contributed by atoms with E-state index in [2.05, 4.69) is 9.69 Å². The van der Waals surface area contributed by atoms with Crippen LogP contribution in [0.3, 0.4) is 0 Å². The van der Waals surface area contributed by atoms with Crippen LogP contribution in [0.2, 0.25) is 0 Å². The Morgan fingerprint density at radius 2 is 1.76 bits per heavy atom. The number of nitrogens with zero attached hydrogens (tertiary/aromatic N) is 2. The summed E-state index contributed by atoms with van der Waals surface area (Å²) < 4.78 is 9.83. The third-order valence-electron chi connectivity index (χ3n) is 5.99. The summed E-state index contributed by atoms with van der Waals surface area (Å²) in [5.41, 5.74) is 14.4. The number of benzene rings is 2. The van der Waals surface area contributed by atoms with Gasteiger partial charge in [0.25, 0.3) is 17.7 Å². The number of nitrogens with two attached hydrogens (primary N) is 2. The lowest BCUT2D eigenvalue weighted by atomic mass is 10.1. The lowest BCUT2D eigenvalue weighted by molar-refractivity contribution is -0.123. The molecule has 0 radical (unpaired) electrons. The fraction of sp³-hybridized carbons (Fsp3) is 0.185. The summed E-state index contributed by atoms with van der Waals surface area (Å²) >= 11 is 0.753. The number of rotatable bonds is 8. The van der Waals surface area contributed by atoms with Crippen LogP contribution in [0.1, 0.15) is 54.4 Å². The number of primary amides is 1. The Bertz CT molecular complexity index is 1460. The molecule has 190 valence electrons. The summed E-state index contributed by atoms with van der Waals surface area (Å²) in [6.07, 6.45) is 0. The van der Waals surface area contributed by atoms with Crippen molar-refractivity contribution >= 4 is 40.6 Å². The van der Waals surface area contributed by atoms with Crippen LogP contribution >= 0.6 is 11.5 Å². The summed E-state index contributed by atoms with van der Waals surface area (Å²) in [4.78, 5) is 40.8. The second-order valence-electron chi connectivity index (χ2n) is 8.64. The molecule has 0 unspecified atom stereocenters. The number of anilines is 2. The number of carbonyl (C=O) groups excluding carboxylic acids is 3. The van der Waals surface area contributed by atoms with Crippen LogP contribution in [-0.4, -0.2) is 22.1 Å². The van der Waals surface area contributed by atoms with Crippen LogP contribution in [0.4, 0.5) is 11.4 Å². The first kappa shape index (κ1) is 25.6. The molecule has 1 atom stereocenters. The van der Waals surface area contributed by atoms with Crippen LogP contribution in [0, 0.1) is 20.8 Å². The predicted molar refractivity (Wildman–Crippen MR) is 142 cm³/mol. The second-order valence-corrected chi connectivity index (χ2v) is 9.41. The molecule has 4 rings (SSSR count). The van der Waals surface area contributed by atoms with Crippen LogP contribution in [-0.2, 0) is 11.3 Å². The number of aryl methyl sites for hydroxylation is 3. The Morgan fingerprint density at radius 3 is 2.35 bits per heavy atom. The highest BCUT2D eigenvalue weighted by Crippen LogP contribution is 2.34. The van der Waals surface area contributed by atoms with Crippen molar-refractivity contribution in [2.45, 2.75) is 33.4 Å². The van der Waals surface area contributed by atoms with E-state index in [0.717, 1.165) is 28.2 Å².